The van der Waals surface area contributed by atoms with Gasteiger partial charge in [-0.15, -0.1) is 0 Å². The lowest BCUT2D eigenvalue weighted by Gasteiger charge is -2.39. The number of nitrogens with zero attached hydrogens (tertiary/aromatic N) is 3. The molecule has 0 radical (unpaired) electrons. The van der Waals surface area contributed by atoms with Crippen LogP contribution in [0.25, 0.3) is 0 Å². The predicted octanol–water partition coefficient (Wildman–Crippen LogP) is 1.53. The number of hydrogen-bond donors (Lipinski definition) is 0. The van der Waals surface area contributed by atoms with E-state index in [9.17, 15) is 14.0 Å². The van der Waals surface area contributed by atoms with Crippen LogP contribution in [0.3, 0.4) is 0 Å². The van der Waals surface area contributed by atoms with E-state index in [1.165, 1.54) is 29.2 Å². The molecule has 6 nitrogen and oxygen atoms in total. The van der Waals surface area contributed by atoms with Crippen LogP contribution < -0.4 is 4.90 Å². The lowest BCUT2D eigenvalue weighted by Crippen LogP contribution is -2.45. The van der Waals surface area contributed by atoms with Gasteiger partial charge < -0.3 is 9.64 Å². The standard InChI is InChI=1S/C15H14FN3O3/c1-3-22-15(21)11-7-13-18(2)14(20)10-6-9(16)4-5-12(10)19(13)8-17-11/h4-7H,3,8H2,1-2H3/i2-1. The smallest absolute Gasteiger partial charge is 0.356 e. The van der Waals surface area contributed by atoms with Crippen molar-refractivity contribution in [2.24, 2.45) is 4.99 Å². The first-order valence-electron chi connectivity index (χ1n) is 6.81. The van der Waals surface area contributed by atoms with Crippen molar-refractivity contribution in [3.05, 3.63) is 41.5 Å². The number of ether oxygens (including phenoxy) is 1. The van der Waals surface area contributed by atoms with E-state index in [1.807, 2.05) is 0 Å². The lowest BCUT2D eigenvalue weighted by molar-refractivity contribution is -0.134. The molecule has 0 unspecified atom stereocenters. The van der Waals surface area contributed by atoms with Gasteiger partial charge in [-0.3, -0.25) is 14.7 Å². The van der Waals surface area contributed by atoms with Crippen LogP contribution in [0.1, 0.15) is 17.3 Å². The lowest BCUT2D eigenvalue weighted by atomic mass is 10.0. The largest absolute Gasteiger partial charge is 0.461 e. The Morgan fingerprint density at radius 2 is 2.23 bits per heavy atom. The van der Waals surface area contributed by atoms with Crippen LogP contribution in [0.4, 0.5) is 10.1 Å². The third kappa shape index (κ3) is 2.14. The summed E-state index contributed by atoms with van der Waals surface area (Å²) < 4.78 is 18.3. The number of halogens is 1. The average Bonchev–Trinajstić information content (AvgIpc) is 2.52. The molecule has 7 heteroatoms. The molecule has 114 valence electrons. The van der Waals surface area contributed by atoms with E-state index in [0.717, 1.165) is 0 Å². The molecule has 0 saturated heterocycles. The fraction of sp³-hybridized carbons (Fsp3) is 0.267. The monoisotopic (exact) mass is 302 g/mol. The van der Waals surface area contributed by atoms with E-state index >= 15 is 0 Å². The van der Waals surface area contributed by atoms with Crippen molar-refractivity contribution in [1.29, 1.82) is 0 Å². The van der Waals surface area contributed by atoms with Crippen molar-refractivity contribution in [3.63, 3.8) is 0 Å². The van der Waals surface area contributed by atoms with Gasteiger partial charge in [0, 0.05) is 13.1 Å². The number of aliphatic imine (C=N–C) groups is 1. The van der Waals surface area contributed by atoms with Crippen molar-refractivity contribution < 1.29 is 18.7 Å². The zero-order valence-corrected chi connectivity index (χ0v) is 12.2. The van der Waals surface area contributed by atoms with Gasteiger partial charge in [0.25, 0.3) is 5.91 Å². The SMILES string of the molecule is CCOC(=O)C1=NCN2C(=C1)N([11CH3])C(=O)c1cc(F)ccc12. The molecule has 1 aromatic rings. The number of anilines is 1. The molecule has 0 atom stereocenters. The minimum Gasteiger partial charge on any atom is -0.461 e. The summed E-state index contributed by atoms with van der Waals surface area (Å²) in [4.78, 5) is 31.4. The molecule has 3 rings (SSSR count). The van der Waals surface area contributed by atoms with Gasteiger partial charge in [-0.05, 0) is 25.1 Å². The van der Waals surface area contributed by atoms with Gasteiger partial charge in [-0.2, -0.15) is 0 Å². The number of carbonyl (C=O) groups is 2. The Morgan fingerprint density at radius 1 is 1.45 bits per heavy atom. The highest BCUT2D eigenvalue weighted by atomic mass is 19.1. The van der Waals surface area contributed by atoms with Crippen molar-refractivity contribution in [3.8, 4) is 0 Å². The molecule has 2 aliphatic rings. The van der Waals surface area contributed by atoms with Crippen LogP contribution in [-0.2, 0) is 9.53 Å². The number of carbonyl (C=O) groups excluding carboxylic acids is 2. The first-order chi connectivity index (χ1) is 10.5. The molecule has 1 aromatic carbocycles. The Morgan fingerprint density at radius 3 is 2.95 bits per heavy atom. The number of esters is 1. The summed E-state index contributed by atoms with van der Waals surface area (Å²) in [5.41, 5.74) is 1.01. The zero-order chi connectivity index (χ0) is 15.9. The fourth-order valence-electron chi connectivity index (χ4n) is 2.47. The van der Waals surface area contributed by atoms with Gasteiger partial charge in [0.05, 0.1) is 17.9 Å². The normalized spacial score (nSPS) is 16.6. The van der Waals surface area contributed by atoms with E-state index in [-0.39, 0.29) is 30.5 Å². The van der Waals surface area contributed by atoms with Crippen molar-refractivity contribution in [1.82, 2.24) is 4.90 Å². The molecule has 0 saturated carbocycles. The highest BCUT2D eigenvalue weighted by Crippen LogP contribution is 2.33. The van der Waals surface area contributed by atoms with Gasteiger partial charge in [0.2, 0.25) is 0 Å². The fourth-order valence-corrected chi connectivity index (χ4v) is 2.47. The van der Waals surface area contributed by atoms with Gasteiger partial charge in [0.15, 0.2) is 0 Å². The molecule has 0 spiro atoms. The second-order valence-corrected chi connectivity index (χ2v) is 4.86. The maximum atomic E-state index is 13.4. The van der Waals surface area contributed by atoms with E-state index in [0.29, 0.717) is 11.5 Å². The summed E-state index contributed by atoms with van der Waals surface area (Å²) in [5, 5.41) is 0. The number of amides is 1. The van der Waals surface area contributed by atoms with Gasteiger partial charge in [0.1, 0.15) is 24.0 Å². The molecular weight excluding hydrogens is 288 g/mol. The molecule has 22 heavy (non-hydrogen) atoms. The molecule has 2 heterocycles. The van der Waals surface area contributed by atoms with Crippen LogP contribution >= 0.6 is 0 Å². The van der Waals surface area contributed by atoms with Crippen molar-refractivity contribution >= 4 is 23.3 Å². The van der Waals surface area contributed by atoms with Gasteiger partial charge in [-0.25, -0.2) is 9.18 Å². The predicted molar refractivity (Wildman–Crippen MR) is 78.0 cm³/mol. The Bertz CT molecular complexity index is 727. The molecule has 0 aliphatic carbocycles. The molecular formula is C15H14FN3O3. The quantitative estimate of drug-likeness (QED) is 0.777. The maximum absolute atomic E-state index is 13.4. The molecule has 0 fully saturated rings. The Hall–Kier alpha value is -2.70. The van der Waals surface area contributed by atoms with E-state index in [2.05, 4.69) is 4.99 Å². The number of rotatable bonds is 2. The average molecular weight is 302 g/mol. The summed E-state index contributed by atoms with van der Waals surface area (Å²) in [7, 11) is 1.57. The Labute approximate surface area is 126 Å². The van der Waals surface area contributed by atoms with E-state index < -0.39 is 11.8 Å². The molecule has 0 aromatic heterocycles. The van der Waals surface area contributed by atoms with E-state index in [1.54, 1.807) is 18.9 Å². The molecule has 1 amide bonds. The van der Waals surface area contributed by atoms with Crippen LogP contribution in [0.15, 0.2) is 35.1 Å². The molecule has 0 bridgehead atoms. The summed E-state index contributed by atoms with van der Waals surface area (Å²) in [5.74, 6) is -0.815. The van der Waals surface area contributed by atoms with Gasteiger partial charge >= 0.3 is 5.97 Å². The highest BCUT2D eigenvalue weighted by Gasteiger charge is 2.34. The topological polar surface area (TPSA) is 62.2 Å². The number of hydrogen-bond acceptors (Lipinski definition) is 5. The number of benzene rings is 1. The zero-order valence-electron chi connectivity index (χ0n) is 12.2. The summed E-state index contributed by atoms with van der Waals surface area (Å²) >= 11 is 0. The Kier molecular flexibility index (Phi) is 3.40. The van der Waals surface area contributed by atoms with Crippen molar-refractivity contribution in [2.75, 3.05) is 25.2 Å². The first kappa shape index (κ1) is 14.2. The van der Waals surface area contributed by atoms with Crippen LogP contribution in [0.5, 0.6) is 0 Å². The third-order valence-electron chi connectivity index (χ3n) is 3.54. The van der Waals surface area contributed by atoms with E-state index in [4.69, 9.17) is 4.74 Å². The second kappa shape index (κ2) is 5.25. The van der Waals surface area contributed by atoms with Crippen molar-refractivity contribution in [2.45, 2.75) is 6.92 Å². The van der Waals surface area contributed by atoms with Crippen LogP contribution in [-0.4, -0.2) is 42.8 Å². The Balaban J connectivity index is 2.03. The summed E-state index contributed by atoms with van der Waals surface area (Å²) in [6.07, 6.45) is 1.51. The second-order valence-electron chi connectivity index (χ2n) is 4.86. The third-order valence-corrected chi connectivity index (χ3v) is 3.54. The maximum Gasteiger partial charge on any atom is 0.356 e. The minimum absolute atomic E-state index is 0.163. The highest BCUT2D eigenvalue weighted by molar-refractivity contribution is 6.41. The van der Waals surface area contributed by atoms with Gasteiger partial charge in [-0.1, -0.05) is 0 Å². The van der Waals surface area contributed by atoms with Crippen LogP contribution in [0, 0.1) is 5.82 Å². The first-order valence-corrected chi connectivity index (χ1v) is 6.81. The molecule has 0 N–H and O–H groups in total. The van der Waals surface area contributed by atoms with Crippen LogP contribution in [0.2, 0.25) is 0 Å². The molecule has 2 aliphatic heterocycles. The minimum atomic E-state index is -0.527. The number of fused-ring (bicyclic) bond motifs is 3. The summed E-state index contributed by atoms with van der Waals surface area (Å²) in [6, 6.07) is 4.03. The summed E-state index contributed by atoms with van der Waals surface area (Å²) in [6.45, 7) is 2.12.